The Labute approximate surface area is 111 Å². The third kappa shape index (κ3) is 4.21. The Morgan fingerprint density at radius 3 is 2.05 bits per heavy atom. The molecule has 0 saturated carbocycles. The highest BCUT2D eigenvalue weighted by molar-refractivity contribution is 5.29. The fraction of sp³-hybridized carbons (Fsp3) is 0.571. The van der Waals surface area contributed by atoms with Gasteiger partial charge in [0.2, 0.25) is 0 Å². The number of aryl methyl sites for hydroxylation is 1. The summed E-state index contributed by atoms with van der Waals surface area (Å²) in [6.07, 6.45) is -3.04. The van der Waals surface area contributed by atoms with Gasteiger partial charge < -0.3 is 5.11 Å². The van der Waals surface area contributed by atoms with Crippen LogP contribution >= 0.6 is 0 Å². The van der Waals surface area contributed by atoms with Crippen LogP contribution in [0.3, 0.4) is 0 Å². The van der Waals surface area contributed by atoms with Crippen LogP contribution < -0.4 is 5.32 Å². The largest absolute Gasteiger partial charge is 0.401 e. The highest BCUT2D eigenvalue weighted by Crippen LogP contribution is 2.26. The molecule has 0 spiro atoms. The maximum absolute atomic E-state index is 12.3. The SMILES string of the molecule is CCc1ccc(C(CC)(CO)NCC(F)(F)F)cc1. The summed E-state index contributed by atoms with van der Waals surface area (Å²) in [5.74, 6) is 0. The van der Waals surface area contributed by atoms with Crippen molar-refractivity contribution in [2.24, 2.45) is 0 Å². The highest BCUT2D eigenvalue weighted by Gasteiger charge is 2.35. The van der Waals surface area contributed by atoms with Crippen molar-refractivity contribution < 1.29 is 18.3 Å². The normalized spacial score (nSPS) is 15.3. The van der Waals surface area contributed by atoms with E-state index in [4.69, 9.17) is 0 Å². The zero-order valence-corrected chi connectivity index (χ0v) is 11.2. The van der Waals surface area contributed by atoms with Crippen LogP contribution in [-0.2, 0) is 12.0 Å². The van der Waals surface area contributed by atoms with E-state index in [-0.39, 0.29) is 6.61 Å². The number of benzene rings is 1. The van der Waals surface area contributed by atoms with E-state index < -0.39 is 18.3 Å². The molecular weight excluding hydrogens is 255 g/mol. The van der Waals surface area contributed by atoms with Crippen molar-refractivity contribution in [3.8, 4) is 0 Å². The number of halogens is 3. The lowest BCUT2D eigenvalue weighted by molar-refractivity contribution is -0.130. The average Bonchev–Trinajstić information content (AvgIpc) is 2.40. The molecule has 1 rings (SSSR count). The smallest absolute Gasteiger partial charge is 0.394 e. The Morgan fingerprint density at radius 2 is 1.68 bits per heavy atom. The monoisotopic (exact) mass is 275 g/mol. The van der Waals surface area contributed by atoms with E-state index in [1.807, 2.05) is 19.1 Å². The molecule has 0 amide bonds. The second-order valence-electron chi connectivity index (χ2n) is 4.61. The molecule has 1 aromatic carbocycles. The van der Waals surface area contributed by atoms with Crippen LogP contribution in [0.1, 0.15) is 31.4 Å². The van der Waals surface area contributed by atoms with Crippen molar-refractivity contribution in [3.63, 3.8) is 0 Å². The van der Waals surface area contributed by atoms with Crippen LogP contribution in [-0.4, -0.2) is 24.4 Å². The molecule has 0 aliphatic carbocycles. The third-order valence-corrected chi connectivity index (χ3v) is 3.42. The van der Waals surface area contributed by atoms with Crippen LogP contribution in [0.2, 0.25) is 0 Å². The molecule has 0 saturated heterocycles. The predicted octanol–water partition coefficient (Wildman–Crippen LogP) is 3.00. The second kappa shape index (κ2) is 6.39. The van der Waals surface area contributed by atoms with Crippen LogP contribution in [0.15, 0.2) is 24.3 Å². The fourth-order valence-corrected chi connectivity index (χ4v) is 2.02. The van der Waals surface area contributed by atoms with Crippen molar-refractivity contribution in [3.05, 3.63) is 35.4 Å². The van der Waals surface area contributed by atoms with E-state index in [0.717, 1.165) is 12.0 Å². The van der Waals surface area contributed by atoms with Gasteiger partial charge in [-0.05, 0) is 24.0 Å². The van der Waals surface area contributed by atoms with Crippen LogP contribution in [0.5, 0.6) is 0 Å². The van der Waals surface area contributed by atoms with Gasteiger partial charge in [-0.3, -0.25) is 5.32 Å². The molecule has 0 radical (unpaired) electrons. The minimum Gasteiger partial charge on any atom is -0.394 e. The lowest BCUT2D eigenvalue weighted by atomic mass is 9.87. The standard InChI is InChI=1S/C14H20F3NO/c1-3-11-5-7-12(8-6-11)13(4-2,10-19)18-9-14(15,16)17/h5-8,18-19H,3-4,9-10H2,1-2H3. The highest BCUT2D eigenvalue weighted by atomic mass is 19.4. The molecule has 0 aliphatic heterocycles. The number of aliphatic hydroxyl groups excluding tert-OH is 1. The van der Waals surface area contributed by atoms with Crippen molar-refractivity contribution >= 4 is 0 Å². The fourth-order valence-electron chi connectivity index (χ4n) is 2.02. The molecule has 0 fully saturated rings. The van der Waals surface area contributed by atoms with Gasteiger partial charge in [-0.15, -0.1) is 0 Å². The summed E-state index contributed by atoms with van der Waals surface area (Å²) in [7, 11) is 0. The number of alkyl halides is 3. The molecule has 5 heteroatoms. The minimum absolute atomic E-state index is 0.370. The number of aliphatic hydroxyl groups is 1. The van der Waals surface area contributed by atoms with Gasteiger partial charge in [-0.1, -0.05) is 38.1 Å². The lowest BCUT2D eigenvalue weighted by Gasteiger charge is -2.33. The molecule has 1 unspecified atom stereocenters. The van der Waals surface area contributed by atoms with E-state index in [0.29, 0.717) is 12.0 Å². The number of hydrogen-bond acceptors (Lipinski definition) is 2. The minimum atomic E-state index is -4.29. The Hall–Kier alpha value is -1.07. The van der Waals surface area contributed by atoms with Gasteiger partial charge in [0.25, 0.3) is 0 Å². The van der Waals surface area contributed by atoms with Crippen molar-refractivity contribution in [2.75, 3.05) is 13.2 Å². The molecular formula is C14H20F3NO. The maximum Gasteiger partial charge on any atom is 0.401 e. The zero-order valence-electron chi connectivity index (χ0n) is 11.2. The number of rotatable bonds is 6. The Morgan fingerprint density at radius 1 is 1.11 bits per heavy atom. The van der Waals surface area contributed by atoms with Gasteiger partial charge in [0.1, 0.15) is 0 Å². The van der Waals surface area contributed by atoms with Crippen molar-refractivity contribution in [1.82, 2.24) is 5.32 Å². The molecule has 108 valence electrons. The van der Waals surface area contributed by atoms with Crippen molar-refractivity contribution in [2.45, 2.75) is 38.4 Å². The Kier molecular flexibility index (Phi) is 5.38. The first kappa shape index (κ1) is 16.0. The van der Waals surface area contributed by atoms with E-state index >= 15 is 0 Å². The molecule has 19 heavy (non-hydrogen) atoms. The molecule has 0 aromatic heterocycles. The lowest BCUT2D eigenvalue weighted by Crippen LogP contribution is -2.48. The molecule has 0 aliphatic rings. The average molecular weight is 275 g/mol. The summed E-state index contributed by atoms with van der Waals surface area (Å²) in [6.45, 7) is 2.28. The summed E-state index contributed by atoms with van der Waals surface area (Å²) < 4.78 is 37.0. The summed E-state index contributed by atoms with van der Waals surface area (Å²) in [4.78, 5) is 0. The van der Waals surface area contributed by atoms with E-state index in [1.54, 1.807) is 19.1 Å². The Balaban J connectivity index is 2.96. The summed E-state index contributed by atoms with van der Waals surface area (Å²) >= 11 is 0. The Bertz CT molecular complexity index is 383. The van der Waals surface area contributed by atoms with Crippen LogP contribution in [0.4, 0.5) is 13.2 Å². The van der Waals surface area contributed by atoms with E-state index in [2.05, 4.69) is 5.32 Å². The second-order valence-corrected chi connectivity index (χ2v) is 4.61. The number of hydrogen-bond donors (Lipinski definition) is 2. The van der Waals surface area contributed by atoms with E-state index in [1.165, 1.54) is 0 Å². The molecule has 2 N–H and O–H groups in total. The van der Waals surface area contributed by atoms with Gasteiger partial charge in [0.05, 0.1) is 18.7 Å². The van der Waals surface area contributed by atoms with Crippen LogP contribution in [0, 0.1) is 0 Å². The van der Waals surface area contributed by atoms with Gasteiger partial charge in [0.15, 0.2) is 0 Å². The third-order valence-electron chi connectivity index (χ3n) is 3.42. The summed E-state index contributed by atoms with van der Waals surface area (Å²) in [6, 6.07) is 7.32. The molecule has 0 bridgehead atoms. The van der Waals surface area contributed by atoms with Gasteiger partial charge in [-0.25, -0.2) is 0 Å². The quantitative estimate of drug-likeness (QED) is 0.836. The molecule has 0 heterocycles. The summed E-state index contributed by atoms with van der Waals surface area (Å²) in [5, 5.41) is 12.0. The summed E-state index contributed by atoms with van der Waals surface area (Å²) in [5.41, 5.74) is 0.753. The first-order valence-electron chi connectivity index (χ1n) is 6.39. The zero-order chi connectivity index (χ0) is 14.5. The van der Waals surface area contributed by atoms with Crippen LogP contribution in [0.25, 0.3) is 0 Å². The first-order chi connectivity index (χ1) is 8.87. The van der Waals surface area contributed by atoms with Gasteiger partial charge >= 0.3 is 6.18 Å². The number of nitrogens with one attached hydrogen (secondary N) is 1. The van der Waals surface area contributed by atoms with Crippen molar-refractivity contribution in [1.29, 1.82) is 0 Å². The first-order valence-corrected chi connectivity index (χ1v) is 6.39. The molecule has 1 atom stereocenters. The molecule has 1 aromatic rings. The van der Waals surface area contributed by atoms with Gasteiger partial charge in [-0.2, -0.15) is 13.2 Å². The van der Waals surface area contributed by atoms with E-state index in [9.17, 15) is 18.3 Å². The van der Waals surface area contributed by atoms with Gasteiger partial charge in [0, 0.05) is 0 Å². The maximum atomic E-state index is 12.3. The molecule has 2 nitrogen and oxygen atoms in total. The predicted molar refractivity (Wildman–Crippen MR) is 68.9 cm³/mol. The topological polar surface area (TPSA) is 32.3 Å².